The van der Waals surface area contributed by atoms with E-state index in [9.17, 15) is 4.79 Å². The summed E-state index contributed by atoms with van der Waals surface area (Å²) in [6.07, 6.45) is 6.86. The molecule has 5 heteroatoms. The number of halogens is 1. The Kier molecular flexibility index (Phi) is 5.32. The van der Waals surface area contributed by atoms with Crippen LogP contribution in [0.3, 0.4) is 0 Å². The maximum atomic E-state index is 11.6. The van der Waals surface area contributed by atoms with Crippen molar-refractivity contribution in [3.05, 3.63) is 70.6 Å². The molecule has 1 heterocycles. The summed E-state index contributed by atoms with van der Waals surface area (Å²) in [6.45, 7) is 0.450. The van der Waals surface area contributed by atoms with Crippen LogP contribution in [0.1, 0.15) is 11.1 Å². The van der Waals surface area contributed by atoms with Gasteiger partial charge < -0.3 is 10.6 Å². The topological polar surface area (TPSA) is 54.0 Å². The van der Waals surface area contributed by atoms with Crippen molar-refractivity contribution in [3.63, 3.8) is 0 Å². The highest BCUT2D eigenvalue weighted by Gasteiger charge is 1.97. The zero-order chi connectivity index (χ0) is 14.2. The Morgan fingerprint density at radius 1 is 1.25 bits per heavy atom. The first kappa shape index (κ1) is 14.3. The van der Waals surface area contributed by atoms with Crippen molar-refractivity contribution in [1.29, 1.82) is 0 Å². The number of nitrogens with one attached hydrogen (secondary N) is 2. The largest absolute Gasteiger partial charge is 0.334 e. The van der Waals surface area contributed by atoms with E-state index in [2.05, 4.69) is 31.5 Å². The molecule has 0 unspecified atom stereocenters. The first-order valence-electron chi connectivity index (χ1n) is 6.09. The van der Waals surface area contributed by atoms with E-state index in [0.717, 1.165) is 15.6 Å². The van der Waals surface area contributed by atoms with Crippen LogP contribution in [-0.4, -0.2) is 11.0 Å². The summed E-state index contributed by atoms with van der Waals surface area (Å²) in [5.74, 6) is 0. The van der Waals surface area contributed by atoms with Gasteiger partial charge in [0, 0.05) is 29.6 Å². The Morgan fingerprint density at radius 3 is 2.75 bits per heavy atom. The minimum Gasteiger partial charge on any atom is -0.334 e. The maximum Gasteiger partial charge on any atom is 0.319 e. The predicted octanol–water partition coefficient (Wildman–Crippen LogP) is 3.31. The Labute approximate surface area is 126 Å². The summed E-state index contributed by atoms with van der Waals surface area (Å²) in [4.78, 5) is 15.5. The van der Waals surface area contributed by atoms with E-state index in [0.29, 0.717) is 6.54 Å². The zero-order valence-electron chi connectivity index (χ0n) is 10.7. The van der Waals surface area contributed by atoms with Gasteiger partial charge in [-0.25, -0.2) is 4.79 Å². The van der Waals surface area contributed by atoms with Crippen molar-refractivity contribution >= 4 is 28.0 Å². The summed E-state index contributed by atoms with van der Waals surface area (Å²) in [5.41, 5.74) is 1.97. The van der Waals surface area contributed by atoms with Crippen molar-refractivity contribution in [2.75, 3.05) is 0 Å². The smallest absolute Gasteiger partial charge is 0.319 e. The average molecular weight is 332 g/mol. The summed E-state index contributed by atoms with van der Waals surface area (Å²) < 4.78 is 1.02. The second kappa shape index (κ2) is 7.45. The SMILES string of the molecule is O=C(N/C=C/c1ccc(Br)cc1)NCc1cccnc1. The molecule has 0 radical (unpaired) electrons. The number of hydrogen-bond acceptors (Lipinski definition) is 2. The third-order valence-electron chi connectivity index (χ3n) is 2.54. The van der Waals surface area contributed by atoms with E-state index in [4.69, 9.17) is 0 Å². The van der Waals surface area contributed by atoms with Crippen LogP contribution < -0.4 is 10.6 Å². The standard InChI is InChI=1S/C15H14BrN3O/c16-14-5-3-12(4-6-14)7-9-18-15(20)19-11-13-2-1-8-17-10-13/h1-10H,11H2,(H2,18,19,20)/b9-7+. The maximum absolute atomic E-state index is 11.6. The average Bonchev–Trinajstić information content (AvgIpc) is 2.48. The molecule has 0 bridgehead atoms. The summed E-state index contributed by atoms with van der Waals surface area (Å²) in [7, 11) is 0. The van der Waals surface area contributed by atoms with Gasteiger partial charge in [-0.2, -0.15) is 0 Å². The molecule has 0 fully saturated rings. The number of pyridine rings is 1. The van der Waals surface area contributed by atoms with E-state index in [1.807, 2.05) is 42.5 Å². The monoisotopic (exact) mass is 331 g/mol. The molecule has 2 rings (SSSR count). The second-order valence-electron chi connectivity index (χ2n) is 4.07. The fourth-order valence-corrected chi connectivity index (χ4v) is 1.79. The van der Waals surface area contributed by atoms with E-state index in [-0.39, 0.29) is 6.03 Å². The molecule has 0 aliphatic rings. The van der Waals surface area contributed by atoms with Crippen LogP contribution in [0.15, 0.2) is 59.5 Å². The van der Waals surface area contributed by atoms with Crippen LogP contribution in [0.25, 0.3) is 6.08 Å². The van der Waals surface area contributed by atoms with E-state index < -0.39 is 0 Å². The van der Waals surface area contributed by atoms with Gasteiger partial charge in [0.2, 0.25) is 0 Å². The number of carbonyl (C=O) groups is 1. The lowest BCUT2D eigenvalue weighted by Gasteiger charge is -2.04. The number of urea groups is 1. The normalized spacial score (nSPS) is 10.4. The minimum absolute atomic E-state index is 0.248. The molecular weight excluding hydrogens is 318 g/mol. The molecule has 102 valence electrons. The molecule has 0 saturated heterocycles. The Bertz CT molecular complexity index is 582. The number of carbonyl (C=O) groups excluding carboxylic acids is 1. The van der Waals surface area contributed by atoms with Crippen molar-refractivity contribution in [2.45, 2.75) is 6.54 Å². The van der Waals surface area contributed by atoms with Gasteiger partial charge in [-0.3, -0.25) is 4.98 Å². The fraction of sp³-hybridized carbons (Fsp3) is 0.0667. The van der Waals surface area contributed by atoms with Gasteiger partial charge in [-0.15, -0.1) is 0 Å². The molecule has 4 nitrogen and oxygen atoms in total. The van der Waals surface area contributed by atoms with E-state index in [1.165, 1.54) is 0 Å². The van der Waals surface area contributed by atoms with Gasteiger partial charge >= 0.3 is 6.03 Å². The van der Waals surface area contributed by atoms with Gasteiger partial charge in [0.25, 0.3) is 0 Å². The van der Waals surface area contributed by atoms with Crippen LogP contribution in [0.5, 0.6) is 0 Å². The van der Waals surface area contributed by atoms with Gasteiger partial charge in [0.15, 0.2) is 0 Å². The Morgan fingerprint density at radius 2 is 2.05 bits per heavy atom. The molecule has 1 aromatic heterocycles. The first-order chi connectivity index (χ1) is 9.74. The zero-order valence-corrected chi connectivity index (χ0v) is 12.3. The molecule has 0 saturated carbocycles. The lowest BCUT2D eigenvalue weighted by atomic mass is 10.2. The van der Waals surface area contributed by atoms with Crippen molar-refractivity contribution in [2.24, 2.45) is 0 Å². The van der Waals surface area contributed by atoms with Crippen LogP contribution >= 0.6 is 15.9 Å². The van der Waals surface area contributed by atoms with E-state index in [1.54, 1.807) is 18.6 Å². The number of benzene rings is 1. The molecule has 20 heavy (non-hydrogen) atoms. The van der Waals surface area contributed by atoms with Crippen LogP contribution in [0.2, 0.25) is 0 Å². The van der Waals surface area contributed by atoms with Crippen LogP contribution in [0, 0.1) is 0 Å². The quantitative estimate of drug-likeness (QED) is 0.902. The summed E-state index contributed by atoms with van der Waals surface area (Å²) >= 11 is 3.37. The molecule has 0 atom stereocenters. The molecule has 1 aromatic carbocycles. The third-order valence-corrected chi connectivity index (χ3v) is 3.06. The predicted molar refractivity (Wildman–Crippen MR) is 82.8 cm³/mol. The number of nitrogens with zero attached hydrogens (tertiary/aromatic N) is 1. The third kappa shape index (κ3) is 4.85. The molecule has 0 aliphatic heterocycles. The van der Waals surface area contributed by atoms with Crippen molar-refractivity contribution in [1.82, 2.24) is 15.6 Å². The molecule has 2 aromatic rings. The second-order valence-corrected chi connectivity index (χ2v) is 4.99. The highest BCUT2D eigenvalue weighted by molar-refractivity contribution is 9.10. The molecule has 0 aliphatic carbocycles. The highest BCUT2D eigenvalue weighted by atomic mass is 79.9. The van der Waals surface area contributed by atoms with Crippen LogP contribution in [-0.2, 0) is 6.54 Å². The summed E-state index contributed by atoms with van der Waals surface area (Å²) in [6, 6.07) is 11.3. The van der Waals surface area contributed by atoms with Crippen LogP contribution in [0.4, 0.5) is 4.79 Å². The number of hydrogen-bond donors (Lipinski definition) is 2. The van der Waals surface area contributed by atoms with Gasteiger partial charge in [0.05, 0.1) is 0 Å². The van der Waals surface area contributed by atoms with E-state index >= 15 is 0 Å². The van der Waals surface area contributed by atoms with Crippen molar-refractivity contribution in [3.8, 4) is 0 Å². The molecule has 2 N–H and O–H groups in total. The first-order valence-corrected chi connectivity index (χ1v) is 6.89. The highest BCUT2D eigenvalue weighted by Crippen LogP contribution is 2.11. The number of aromatic nitrogens is 1. The minimum atomic E-state index is -0.248. The number of amides is 2. The number of rotatable bonds is 4. The summed E-state index contributed by atoms with van der Waals surface area (Å²) in [5, 5.41) is 5.40. The molecular formula is C15H14BrN3O. The van der Waals surface area contributed by atoms with Crippen molar-refractivity contribution < 1.29 is 4.79 Å². The van der Waals surface area contributed by atoms with Gasteiger partial charge in [-0.05, 0) is 35.4 Å². The fourth-order valence-electron chi connectivity index (χ4n) is 1.52. The van der Waals surface area contributed by atoms with Gasteiger partial charge in [0.1, 0.15) is 0 Å². The Balaban J connectivity index is 1.76. The lowest BCUT2D eigenvalue weighted by Crippen LogP contribution is -2.31. The lowest BCUT2D eigenvalue weighted by molar-refractivity contribution is 0.244. The molecule has 2 amide bonds. The Hall–Kier alpha value is -2.14. The van der Waals surface area contributed by atoms with Gasteiger partial charge in [-0.1, -0.05) is 34.1 Å². The molecule has 0 spiro atoms.